The Labute approximate surface area is 95.3 Å². The third-order valence-electron chi connectivity index (χ3n) is 1.99. The Morgan fingerprint density at radius 2 is 2.13 bits per heavy atom. The van der Waals surface area contributed by atoms with Crippen molar-refractivity contribution in [2.24, 2.45) is 0 Å². The monoisotopic (exact) mass is 233 g/mol. The van der Waals surface area contributed by atoms with E-state index in [1.807, 2.05) is 0 Å². The van der Waals surface area contributed by atoms with E-state index < -0.39 is 6.10 Å². The van der Waals surface area contributed by atoms with Gasteiger partial charge in [-0.15, -0.1) is 12.4 Å². The molecule has 0 aromatic heterocycles. The summed E-state index contributed by atoms with van der Waals surface area (Å²) in [6.45, 7) is 0.466. The second kappa shape index (κ2) is 6.50. The fourth-order valence-corrected chi connectivity index (χ4v) is 1.21. The highest BCUT2D eigenvalue weighted by Gasteiger charge is 2.09. The van der Waals surface area contributed by atoms with E-state index in [0.29, 0.717) is 17.9 Å². The van der Waals surface area contributed by atoms with Crippen LogP contribution in [0.3, 0.4) is 0 Å². The predicted octanol–water partition coefficient (Wildman–Crippen LogP) is 1.08. The Bertz CT molecular complexity index is 307. The third-order valence-corrected chi connectivity index (χ3v) is 1.99. The Balaban J connectivity index is 0.00000196. The van der Waals surface area contributed by atoms with Crippen LogP contribution in [0.4, 0.5) is 0 Å². The van der Waals surface area contributed by atoms with Gasteiger partial charge in [0.2, 0.25) is 0 Å². The van der Waals surface area contributed by atoms with Crippen LogP contribution in [0.25, 0.3) is 0 Å². The molecule has 1 aromatic rings. The predicted molar refractivity (Wildman–Crippen MR) is 60.8 cm³/mol. The van der Waals surface area contributed by atoms with Crippen molar-refractivity contribution in [3.63, 3.8) is 0 Å². The summed E-state index contributed by atoms with van der Waals surface area (Å²) in [4.78, 5) is 0. The second-order valence-corrected chi connectivity index (χ2v) is 3.00. The summed E-state index contributed by atoms with van der Waals surface area (Å²) in [7, 11) is 3.24. The molecule has 15 heavy (non-hydrogen) atoms. The second-order valence-electron chi connectivity index (χ2n) is 3.00. The number of phenolic OH excluding ortho intramolecular Hbond substituents is 1. The zero-order valence-corrected chi connectivity index (χ0v) is 9.54. The van der Waals surface area contributed by atoms with Gasteiger partial charge in [-0.05, 0) is 24.7 Å². The molecule has 4 nitrogen and oxygen atoms in total. The van der Waals surface area contributed by atoms with Gasteiger partial charge in [-0.1, -0.05) is 6.07 Å². The fourth-order valence-electron chi connectivity index (χ4n) is 1.21. The fraction of sp³-hybridized carbons (Fsp3) is 0.400. The van der Waals surface area contributed by atoms with Crippen molar-refractivity contribution < 1.29 is 14.9 Å². The topological polar surface area (TPSA) is 61.7 Å². The van der Waals surface area contributed by atoms with Crippen LogP contribution in [0.5, 0.6) is 11.5 Å². The molecule has 86 valence electrons. The van der Waals surface area contributed by atoms with Crippen molar-refractivity contribution in [1.82, 2.24) is 5.32 Å². The normalized spacial score (nSPS) is 11.7. The Morgan fingerprint density at radius 1 is 1.47 bits per heavy atom. The number of aromatic hydroxyl groups is 1. The molecule has 3 N–H and O–H groups in total. The lowest BCUT2D eigenvalue weighted by molar-refractivity contribution is 0.177. The molecule has 0 aliphatic rings. The van der Waals surface area contributed by atoms with E-state index in [2.05, 4.69) is 5.32 Å². The molecule has 0 bridgehead atoms. The van der Waals surface area contributed by atoms with Gasteiger partial charge >= 0.3 is 0 Å². The number of hydrogen-bond acceptors (Lipinski definition) is 4. The van der Waals surface area contributed by atoms with Crippen molar-refractivity contribution in [3.05, 3.63) is 23.8 Å². The molecule has 0 radical (unpaired) electrons. The summed E-state index contributed by atoms with van der Waals surface area (Å²) < 4.78 is 4.93. The number of rotatable bonds is 4. The summed E-state index contributed by atoms with van der Waals surface area (Å²) in [5.41, 5.74) is 0.717. The SMILES string of the molecule is CNCC(O)c1ccc(O)c(OC)c1.Cl. The molecule has 1 aromatic carbocycles. The molecule has 0 aliphatic carbocycles. The highest BCUT2D eigenvalue weighted by Crippen LogP contribution is 2.28. The van der Waals surface area contributed by atoms with Crippen LogP contribution in [0.1, 0.15) is 11.7 Å². The van der Waals surface area contributed by atoms with E-state index in [9.17, 15) is 10.2 Å². The quantitative estimate of drug-likeness (QED) is 0.728. The number of halogens is 1. The molecule has 0 aliphatic heterocycles. The highest BCUT2D eigenvalue weighted by molar-refractivity contribution is 5.85. The van der Waals surface area contributed by atoms with Crippen molar-refractivity contribution in [1.29, 1.82) is 0 Å². The Morgan fingerprint density at radius 3 is 2.67 bits per heavy atom. The van der Waals surface area contributed by atoms with Crippen LogP contribution in [-0.2, 0) is 0 Å². The summed E-state index contributed by atoms with van der Waals surface area (Å²) in [5.74, 6) is 0.450. The zero-order valence-electron chi connectivity index (χ0n) is 8.73. The minimum atomic E-state index is -0.588. The number of nitrogens with one attached hydrogen (secondary N) is 1. The maximum Gasteiger partial charge on any atom is 0.160 e. The number of aliphatic hydroxyl groups is 1. The third kappa shape index (κ3) is 3.58. The van der Waals surface area contributed by atoms with Crippen LogP contribution in [0.15, 0.2) is 18.2 Å². The van der Waals surface area contributed by atoms with Crippen molar-refractivity contribution in [2.45, 2.75) is 6.10 Å². The van der Waals surface area contributed by atoms with Gasteiger partial charge < -0.3 is 20.3 Å². The Kier molecular flexibility index (Phi) is 6.08. The number of ether oxygens (including phenoxy) is 1. The van der Waals surface area contributed by atoms with Gasteiger partial charge in [0.1, 0.15) is 0 Å². The van der Waals surface area contributed by atoms with E-state index in [4.69, 9.17) is 4.74 Å². The van der Waals surface area contributed by atoms with Gasteiger partial charge in [-0.2, -0.15) is 0 Å². The molecule has 1 atom stereocenters. The van der Waals surface area contributed by atoms with E-state index in [0.717, 1.165) is 0 Å². The first-order chi connectivity index (χ1) is 6.69. The van der Waals surface area contributed by atoms with Gasteiger partial charge in [0.25, 0.3) is 0 Å². The van der Waals surface area contributed by atoms with Gasteiger partial charge in [0, 0.05) is 6.54 Å². The molecule has 0 saturated heterocycles. The number of methoxy groups -OCH3 is 1. The molecule has 0 amide bonds. The maximum absolute atomic E-state index is 9.63. The van der Waals surface area contributed by atoms with Crippen molar-refractivity contribution in [3.8, 4) is 11.5 Å². The van der Waals surface area contributed by atoms with Gasteiger partial charge in [-0.3, -0.25) is 0 Å². The lowest BCUT2D eigenvalue weighted by Crippen LogP contribution is -2.16. The lowest BCUT2D eigenvalue weighted by atomic mass is 10.1. The average Bonchev–Trinajstić information content (AvgIpc) is 2.19. The van der Waals surface area contributed by atoms with Crippen LogP contribution < -0.4 is 10.1 Å². The number of hydrogen-bond donors (Lipinski definition) is 3. The first kappa shape index (κ1) is 14.0. The molecule has 1 rings (SSSR count). The van der Waals surface area contributed by atoms with Crippen LogP contribution in [0, 0.1) is 0 Å². The molecule has 0 saturated carbocycles. The van der Waals surface area contributed by atoms with Crippen molar-refractivity contribution >= 4 is 12.4 Å². The zero-order chi connectivity index (χ0) is 10.6. The van der Waals surface area contributed by atoms with Crippen LogP contribution in [0.2, 0.25) is 0 Å². The van der Waals surface area contributed by atoms with Crippen LogP contribution >= 0.6 is 12.4 Å². The van der Waals surface area contributed by atoms with Gasteiger partial charge in [0.15, 0.2) is 11.5 Å². The van der Waals surface area contributed by atoms with Crippen molar-refractivity contribution in [2.75, 3.05) is 20.7 Å². The number of benzene rings is 1. The smallest absolute Gasteiger partial charge is 0.160 e. The summed E-state index contributed by atoms with van der Waals surface area (Å²) in [6.07, 6.45) is -0.588. The van der Waals surface area contributed by atoms with Gasteiger partial charge in [0.05, 0.1) is 13.2 Å². The van der Waals surface area contributed by atoms with Crippen LogP contribution in [-0.4, -0.2) is 30.9 Å². The van der Waals surface area contributed by atoms with Gasteiger partial charge in [-0.25, -0.2) is 0 Å². The van der Waals surface area contributed by atoms with E-state index in [1.165, 1.54) is 13.2 Å². The van der Waals surface area contributed by atoms with E-state index in [-0.39, 0.29) is 18.2 Å². The van der Waals surface area contributed by atoms with E-state index in [1.54, 1.807) is 19.2 Å². The number of aliphatic hydroxyl groups excluding tert-OH is 1. The Hall–Kier alpha value is -0.970. The van der Waals surface area contributed by atoms with E-state index >= 15 is 0 Å². The molecule has 0 fully saturated rings. The molecule has 0 heterocycles. The first-order valence-electron chi connectivity index (χ1n) is 4.38. The number of phenols is 1. The summed E-state index contributed by atoms with van der Waals surface area (Å²) in [5, 5.41) is 21.8. The minimum Gasteiger partial charge on any atom is -0.504 e. The largest absolute Gasteiger partial charge is 0.504 e. The average molecular weight is 234 g/mol. The molecule has 5 heteroatoms. The molecule has 1 unspecified atom stereocenters. The standard InChI is InChI=1S/C10H15NO3.ClH/c1-11-6-9(13)7-3-4-8(12)10(5-7)14-2;/h3-5,9,11-13H,6H2,1-2H3;1H. The number of likely N-dealkylation sites (N-methyl/N-ethyl adjacent to an activating group) is 1. The summed E-state index contributed by atoms with van der Waals surface area (Å²) >= 11 is 0. The lowest BCUT2D eigenvalue weighted by Gasteiger charge is -2.12. The summed E-state index contributed by atoms with van der Waals surface area (Å²) in [6, 6.07) is 4.80. The molecule has 0 spiro atoms. The minimum absolute atomic E-state index is 0. The molecular weight excluding hydrogens is 218 g/mol. The highest BCUT2D eigenvalue weighted by atomic mass is 35.5. The maximum atomic E-state index is 9.63. The first-order valence-corrected chi connectivity index (χ1v) is 4.38. The molecular formula is C10H16ClNO3.